The molecule has 0 heterocycles. The molecule has 0 aliphatic rings. The summed E-state index contributed by atoms with van der Waals surface area (Å²) in [5.41, 5.74) is 0. The summed E-state index contributed by atoms with van der Waals surface area (Å²) in [6.07, 6.45) is -5.21. The third kappa shape index (κ3) is 2.84. The molecule has 0 aromatic rings. The number of Topliss-reactive ketones (excluding diaryl/α,β-unsaturated/α-hetero) is 1. The lowest BCUT2D eigenvalue weighted by Crippen LogP contribution is -2.43. The van der Waals surface area contributed by atoms with Crippen molar-refractivity contribution in [2.24, 2.45) is 0 Å². The molecule has 0 aromatic heterocycles. The van der Waals surface area contributed by atoms with E-state index in [0.29, 0.717) is 0 Å². The van der Waals surface area contributed by atoms with Gasteiger partial charge in [0.2, 0.25) is 0 Å². The van der Waals surface area contributed by atoms with Gasteiger partial charge in [0.25, 0.3) is 0 Å². The fourth-order valence-electron chi connectivity index (χ4n) is 0.577. The molecule has 0 amide bonds. The predicted molar refractivity (Wildman–Crippen MR) is 37.2 cm³/mol. The summed E-state index contributed by atoms with van der Waals surface area (Å²) in [5.74, 6) is -1.11. The third-order valence-electron chi connectivity index (χ3n) is 1.34. The fraction of sp³-hybridized carbons (Fsp3) is 0.833. The van der Waals surface area contributed by atoms with Crippen molar-refractivity contribution in [3.05, 3.63) is 0 Å². The van der Waals surface area contributed by atoms with Crippen LogP contribution in [0.1, 0.15) is 0 Å². The summed E-state index contributed by atoms with van der Waals surface area (Å²) >= 11 is 0. The fourth-order valence-corrected chi connectivity index (χ4v) is 0.577. The maximum absolute atomic E-state index is 10.7. The van der Waals surface area contributed by atoms with Crippen LogP contribution in [0.5, 0.6) is 0 Å². The minimum atomic E-state index is -1.86. The van der Waals surface area contributed by atoms with Gasteiger partial charge in [-0.05, 0) is 0 Å². The van der Waals surface area contributed by atoms with Crippen LogP contribution in [0.15, 0.2) is 0 Å². The molecular weight excluding hydrogens is 170 g/mol. The van der Waals surface area contributed by atoms with Gasteiger partial charge < -0.3 is 25.5 Å². The predicted octanol–water partition coefficient (Wildman–Crippen LogP) is -3.38. The second kappa shape index (κ2) is 5.18. The molecule has 0 saturated carbocycles. The van der Waals surface area contributed by atoms with Crippen LogP contribution >= 0.6 is 0 Å². The Balaban J connectivity index is 4.09. The van der Waals surface area contributed by atoms with E-state index in [-0.39, 0.29) is 0 Å². The number of carbonyl (C=O) groups is 1. The van der Waals surface area contributed by atoms with Gasteiger partial charge in [0, 0.05) is 0 Å². The molecule has 0 aliphatic carbocycles. The zero-order valence-electron chi connectivity index (χ0n) is 6.29. The Bertz CT molecular complexity index is 147. The molecule has 3 atom stereocenters. The highest BCUT2D eigenvalue weighted by molar-refractivity contribution is 5.87. The van der Waals surface area contributed by atoms with Crippen LogP contribution in [0.2, 0.25) is 0 Å². The van der Waals surface area contributed by atoms with Crippen LogP contribution in [0.3, 0.4) is 0 Å². The lowest BCUT2D eigenvalue weighted by Gasteiger charge is -2.16. The Kier molecular flexibility index (Phi) is 4.95. The van der Waals surface area contributed by atoms with Gasteiger partial charge in [-0.3, -0.25) is 4.79 Å². The van der Waals surface area contributed by atoms with Crippen molar-refractivity contribution in [1.29, 1.82) is 0 Å². The maximum Gasteiger partial charge on any atom is 0.194 e. The van der Waals surface area contributed by atoms with Gasteiger partial charge in [0.05, 0.1) is 13.2 Å². The quantitative estimate of drug-likeness (QED) is 0.283. The Morgan fingerprint density at radius 2 is 1.58 bits per heavy atom. The third-order valence-corrected chi connectivity index (χ3v) is 1.34. The Morgan fingerprint density at radius 1 is 1.08 bits per heavy atom. The van der Waals surface area contributed by atoms with Crippen LogP contribution in [0, 0.1) is 0 Å². The first-order valence-electron chi connectivity index (χ1n) is 3.34. The van der Waals surface area contributed by atoms with E-state index in [4.69, 9.17) is 25.5 Å². The van der Waals surface area contributed by atoms with E-state index >= 15 is 0 Å². The monoisotopic (exact) mass is 182 g/mol. The standard InChI is InChI=1S/C6H12O6/c7-1-3(9)5(11)6(12)4(10)2-8/h3-5,7-11H,1-2H2/t3-,4+,5-/m1/s1/i2+1,4+1. The van der Waals surface area contributed by atoms with Gasteiger partial charge in [0.1, 0.15) is 18.3 Å². The number of hydrogen-bond acceptors (Lipinski definition) is 6. The topological polar surface area (TPSA) is 118 Å². The molecule has 0 saturated heterocycles. The van der Waals surface area contributed by atoms with Crippen LogP contribution in [-0.4, -0.2) is 62.8 Å². The van der Waals surface area contributed by atoms with Gasteiger partial charge in [-0.1, -0.05) is 0 Å². The summed E-state index contributed by atoms with van der Waals surface area (Å²) < 4.78 is 0. The number of carbonyl (C=O) groups excluding carboxylic acids is 1. The zero-order valence-corrected chi connectivity index (χ0v) is 6.29. The van der Waals surface area contributed by atoms with Gasteiger partial charge in [0.15, 0.2) is 5.78 Å². The largest absolute Gasteiger partial charge is 0.394 e. The minimum Gasteiger partial charge on any atom is -0.394 e. The van der Waals surface area contributed by atoms with E-state index in [2.05, 4.69) is 0 Å². The first-order chi connectivity index (χ1) is 5.54. The van der Waals surface area contributed by atoms with E-state index in [9.17, 15) is 4.79 Å². The normalized spacial score (nSPS) is 18.4. The van der Waals surface area contributed by atoms with Gasteiger partial charge >= 0.3 is 0 Å². The van der Waals surface area contributed by atoms with Crippen molar-refractivity contribution in [2.75, 3.05) is 13.2 Å². The molecule has 0 aromatic carbocycles. The van der Waals surface area contributed by atoms with Gasteiger partial charge in [-0.15, -0.1) is 0 Å². The molecule has 0 spiro atoms. The molecule has 6 heteroatoms. The highest BCUT2D eigenvalue weighted by Crippen LogP contribution is 1.98. The van der Waals surface area contributed by atoms with Gasteiger partial charge in [-0.25, -0.2) is 0 Å². The maximum atomic E-state index is 10.7. The summed E-state index contributed by atoms with van der Waals surface area (Å²) in [6, 6.07) is 0. The molecule has 72 valence electrons. The molecule has 0 radical (unpaired) electrons. The first-order valence-corrected chi connectivity index (χ1v) is 3.34. The average Bonchev–Trinajstić information content (AvgIpc) is 2.12. The van der Waals surface area contributed by atoms with Crippen molar-refractivity contribution in [3.8, 4) is 0 Å². The van der Waals surface area contributed by atoms with E-state index in [0.717, 1.165) is 0 Å². The molecule has 5 N–H and O–H groups in total. The van der Waals surface area contributed by atoms with E-state index < -0.39 is 37.3 Å². The van der Waals surface area contributed by atoms with Gasteiger partial charge in [-0.2, -0.15) is 0 Å². The van der Waals surface area contributed by atoms with Crippen molar-refractivity contribution in [2.45, 2.75) is 18.3 Å². The highest BCUT2D eigenvalue weighted by atomic mass is 16.4. The van der Waals surface area contributed by atoms with Crippen LogP contribution < -0.4 is 0 Å². The lowest BCUT2D eigenvalue weighted by molar-refractivity contribution is -0.144. The van der Waals surface area contributed by atoms with Crippen molar-refractivity contribution < 1.29 is 30.3 Å². The number of ketones is 1. The lowest BCUT2D eigenvalue weighted by atomic mass is 10.2. The van der Waals surface area contributed by atoms with Crippen molar-refractivity contribution in [3.63, 3.8) is 0 Å². The van der Waals surface area contributed by atoms with Crippen LogP contribution in [0.25, 0.3) is 0 Å². The summed E-state index contributed by atoms with van der Waals surface area (Å²) in [4.78, 5) is 10.7. The molecule has 12 heavy (non-hydrogen) atoms. The van der Waals surface area contributed by atoms with E-state index in [1.165, 1.54) is 0 Å². The molecule has 0 rings (SSSR count). The van der Waals surface area contributed by atoms with Crippen molar-refractivity contribution in [1.82, 2.24) is 0 Å². The highest BCUT2D eigenvalue weighted by Gasteiger charge is 2.28. The summed E-state index contributed by atoms with van der Waals surface area (Å²) in [7, 11) is 0. The average molecular weight is 182 g/mol. The Hall–Kier alpha value is -0.530. The smallest absolute Gasteiger partial charge is 0.194 e. The van der Waals surface area contributed by atoms with E-state index in [1.807, 2.05) is 0 Å². The molecule has 0 fully saturated rings. The number of hydrogen-bond donors (Lipinski definition) is 5. The molecular formula is C6H12O6. The number of aliphatic hydroxyl groups is 5. The zero-order chi connectivity index (χ0) is 9.72. The number of rotatable bonds is 5. The second-order valence-electron chi connectivity index (χ2n) is 2.30. The summed E-state index contributed by atoms with van der Waals surface area (Å²) in [6.45, 7) is -1.61. The minimum absolute atomic E-state index is 0.787. The Labute approximate surface area is 68.7 Å². The van der Waals surface area contributed by atoms with Crippen LogP contribution in [0.4, 0.5) is 0 Å². The SMILES string of the molecule is O=C([C@H](O)[C@H](O)CO)[13C@@H](O)[13CH2]O. The first kappa shape index (κ1) is 11.5. The summed E-state index contributed by atoms with van der Waals surface area (Å²) in [5, 5.41) is 42.9. The second-order valence-corrected chi connectivity index (χ2v) is 2.30. The van der Waals surface area contributed by atoms with E-state index in [1.54, 1.807) is 0 Å². The molecule has 0 bridgehead atoms. The Morgan fingerprint density at radius 3 is 1.92 bits per heavy atom. The molecule has 0 unspecified atom stereocenters. The number of aliphatic hydroxyl groups excluding tert-OH is 5. The van der Waals surface area contributed by atoms with Crippen LogP contribution in [-0.2, 0) is 4.79 Å². The molecule has 0 aliphatic heterocycles. The molecule has 6 nitrogen and oxygen atoms in total. The van der Waals surface area contributed by atoms with Crippen molar-refractivity contribution >= 4 is 5.78 Å².